The number of hydrogen-bond donors (Lipinski definition) is 1. The van der Waals surface area contributed by atoms with Gasteiger partial charge in [-0.25, -0.2) is 12.7 Å². The van der Waals surface area contributed by atoms with E-state index in [4.69, 9.17) is 4.74 Å². The van der Waals surface area contributed by atoms with Crippen molar-refractivity contribution in [1.82, 2.24) is 4.31 Å². The Hall–Kier alpha value is -2.38. The first-order chi connectivity index (χ1) is 12.3. The Labute approximate surface area is 153 Å². The van der Waals surface area contributed by atoms with E-state index in [0.717, 1.165) is 21.2 Å². The summed E-state index contributed by atoms with van der Waals surface area (Å²) >= 11 is 0. The topological polar surface area (TPSA) is 75.7 Å². The van der Waals surface area contributed by atoms with E-state index in [1.54, 1.807) is 12.1 Å². The van der Waals surface area contributed by atoms with Crippen LogP contribution in [-0.4, -0.2) is 39.3 Å². The summed E-state index contributed by atoms with van der Waals surface area (Å²) in [7, 11) is -0.607. The van der Waals surface area contributed by atoms with Gasteiger partial charge in [0.2, 0.25) is 15.9 Å². The second kappa shape index (κ2) is 7.09. The number of carbonyl (C=O) groups excluding carboxylic acids is 1. The Morgan fingerprint density at radius 2 is 1.92 bits per heavy atom. The molecule has 3 rings (SSSR count). The molecule has 138 valence electrons. The van der Waals surface area contributed by atoms with Gasteiger partial charge in [0.25, 0.3) is 0 Å². The van der Waals surface area contributed by atoms with Crippen LogP contribution in [0.2, 0.25) is 0 Å². The fraction of sp³-hybridized carbons (Fsp3) is 0.316. The fourth-order valence-corrected chi connectivity index (χ4v) is 3.77. The van der Waals surface area contributed by atoms with Crippen molar-refractivity contribution in [2.24, 2.45) is 5.92 Å². The van der Waals surface area contributed by atoms with Crippen LogP contribution in [0.4, 0.5) is 5.69 Å². The molecule has 0 radical (unpaired) electrons. The molecule has 0 fully saturated rings. The third-order valence-corrected chi connectivity index (χ3v) is 6.31. The lowest BCUT2D eigenvalue weighted by Crippen LogP contribution is -2.32. The van der Waals surface area contributed by atoms with Crippen LogP contribution < -0.4 is 10.1 Å². The van der Waals surface area contributed by atoms with Crippen molar-refractivity contribution in [1.29, 1.82) is 0 Å². The molecule has 6 nitrogen and oxygen atoms in total. The van der Waals surface area contributed by atoms with Crippen molar-refractivity contribution in [2.75, 3.05) is 26.0 Å². The Bertz CT molecular complexity index is 938. The van der Waals surface area contributed by atoms with Gasteiger partial charge in [0.15, 0.2) is 0 Å². The van der Waals surface area contributed by atoms with E-state index < -0.39 is 10.0 Å². The summed E-state index contributed by atoms with van der Waals surface area (Å²) in [6.45, 7) is 2.13. The second-order valence-corrected chi connectivity index (χ2v) is 8.73. The lowest BCUT2D eigenvalue weighted by molar-refractivity contribution is -0.121. The number of anilines is 1. The first kappa shape index (κ1) is 18.4. The van der Waals surface area contributed by atoms with E-state index in [0.29, 0.717) is 18.7 Å². The van der Waals surface area contributed by atoms with Gasteiger partial charge in [0, 0.05) is 19.8 Å². The maximum Gasteiger partial charge on any atom is 0.242 e. The number of carbonyl (C=O) groups is 1. The van der Waals surface area contributed by atoms with Crippen molar-refractivity contribution in [3.63, 3.8) is 0 Å². The van der Waals surface area contributed by atoms with E-state index in [1.165, 1.54) is 20.2 Å². The summed E-state index contributed by atoms with van der Waals surface area (Å²) in [6, 6.07) is 12.4. The van der Waals surface area contributed by atoms with Crippen LogP contribution in [-0.2, 0) is 21.2 Å². The van der Waals surface area contributed by atoms with Crippen LogP contribution in [0.15, 0.2) is 47.4 Å². The number of benzene rings is 2. The third kappa shape index (κ3) is 3.59. The molecule has 26 heavy (non-hydrogen) atoms. The highest BCUT2D eigenvalue weighted by atomic mass is 32.2. The molecule has 1 heterocycles. The van der Waals surface area contributed by atoms with Crippen molar-refractivity contribution < 1.29 is 17.9 Å². The zero-order chi connectivity index (χ0) is 18.9. The molecule has 0 bridgehead atoms. The largest absolute Gasteiger partial charge is 0.492 e. The van der Waals surface area contributed by atoms with Gasteiger partial charge in [0.05, 0.1) is 10.8 Å². The highest BCUT2D eigenvalue weighted by Crippen LogP contribution is 2.28. The second-order valence-electron chi connectivity index (χ2n) is 6.57. The standard InChI is InChI=1S/C19H22N2O4S/c1-13-8-9-16(26(23,24)21(2)3)11-17(13)20-19(22)15-10-14-6-4-5-7-18(14)25-12-15/h4-9,11,15H,10,12H2,1-3H3,(H,20,22). The van der Waals surface area contributed by atoms with Gasteiger partial charge in [-0.2, -0.15) is 0 Å². The minimum Gasteiger partial charge on any atom is -0.492 e. The number of sulfonamides is 1. The number of ether oxygens (including phenoxy) is 1. The molecule has 2 aromatic carbocycles. The van der Waals surface area contributed by atoms with Gasteiger partial charge >= 0.3 is 0 Å². The van der Waals surface area contributed by atoms with Crippen LogP contribution in [0.1, 0.15) is 11.1 Å². The molecule has 1 aliphatic rings. The van der Waals surface area contributed by atoms with Crippen LogP contribution in [0.25, 0.3) is 0 Å². The highest BCUT2D eigenvalue weighted by Gasteiger charge is 2.26. The molecule has 1 N–H and O–H groups in total. The Morgan fingerprint density at radius 1 is 1.19 bits per heavy atom. The first-order valence-electron chi connectivity index (χ1n) is 8.34. The number of amides is 1. The lowest BCUT2D eigenvalue weighted by atomic mass is 9.96. The van der Waals surface area contributed by atoms with E-state index in [1.807, 2.05) is 31.2 Å². The van der Waals surface area contributed by atoms with E-state index in [2.05, 4.69) is 5.32 Å². The molecule has 0 saturated carbocycles. The molecule has 0 saturated heterocycles. The predicted octanol–water partition coefficient (Wildman–Crippen LogP) is 2.44. The zero-order valence-electron chi connectivity index (χ0n) is 15.0. The van der Waals surface area contributed by atoms with Crippen LogP contribution in [0, 0.1) is 12.8 Å². The molecule has 1 amide bonds. The van der Waals surface area contributed by atoms with Crippen molar-refractivity contribution >= 4 is 21.6 Å². The molecule has 2 aromatic rings. The average molecular weight is 374 g/mol. The zero-order valence-corrected chi connectivity index (χ0v) is 15.8. The van der Waals surface area contributed by atoms with Crippen LogP contribution in [0.5, 0.6) is 5.75 Å². The highest BCUT2D eigenvalue weighted by molar-refractivity contribution is 7.89. The van der Waals surface area contributed by atoms with Gasteiger partial charge < -0.3 is 10.1 Å². The number of hydrogen-bond acceptors (Lipinski definition) is 4. The Balaban J connectivity index is 1.80. The van der Waals surface area contributed by atoms with E-state index >= 15 is 0 Å². The number of nitrogens with zero attached hydrogens (tertiary/aromatic N) is 1. The van der Waals surface area contributed by atoms with Gasteiger partial charge in [0.1, 0.15) is 12.4 Å². The fourth-order valence-electron chi connectivity index (χ4n) is 2.84. The van der Waals surface area contributed by atoms with Gasteiger partial charge in [-0.1, -0.05) is 24.3 Å². The van der Waals surface area contributed by atoms with Gasteiger partial charge in [-0.3, -0.25) is 4.79 Å². The monoisotopic (exact) mass is 374 g/mol. The van der Waals surface area contributed by atoms with E-state index in [9.17, 15) is 13.2 Å². The molecule has 1 atom stereocenters. The molecule has 0 aliphatic carbocycles. The first-order valence-corrected chi connectivity index (χ1v) is 9.78. The third-order valence-electron chi connectivity index (χ3n) is 4.50. The maximum atomic E-state index is 12.7. The number of nitrogens with one attached hydrogen (secondary N) is 1. The summed E-state index contributed by atoms with van der Waals surface area (Å²) in [4.78, 5) is 12.8. The SMILES string of the molecule is Cc1ccc(S(=O)(=O)N(C)C)cc1NC(=O)C1COc2ccccc2C1. The van der Waals surface area contributed by atoms with Gasteiger partial charge in [-0.05, 0) is 42.7 Å². The molecular weight excluding hydrogens is 352 g/mol. The summed E-state index contributed by atoms with van der Waals surface area (Å²) < 4.78 is 31.4. The molecule has 0 spiro atoms. The number of fused-ring (bicyclic) bond motifs is 1. The van der Waals surface area contributed by atoms with Crippen molar-refractivity contribution in [3.05, 3.63) is 53.6 Å². The smallest absolute Gasteiger partial charge is 0.242 e. The normalized spacial score (nSPS) is 16.7. The predicted molar refractivity (Wildman–Crippen MR) is 99.8 cm³/mol. The van der Waals surface area contributed by atoms with Crippen LogP contribution in [0.3, 0.4) is 0 Å². The summed E-state index contributed by atoms with van der Waals surface area (Å²) in [5, 5.41) is 2.86. The minimum atomic E-state index is -3.56. The van der Waals surface area contributed by atoms with Crippen molar-refractivity contribution in [3.8, 4) is 5.75 Å². The maximum absolute atomic E-state index is 12.7. The molecule has 7 heteroatoms. The lowest BCUT2D eigenvalue weighted by Gasteiger charge is -2.25. The number of aryl methyl sites for hydroxylation is 1. The quantitative estimate of drug-likeness (QED) is 0.892. The average Bonchev–Trinajstić information content (AvgIpc) is 2.62. The number of para-hydroxylation sites is 1. The van der Waals surface area contributed by atoms with Crippen molar-refractivity contribution in [2.45, 2.75) is 18.2 Å². The molecule has 0 aromatic heterocycles. The summed E-state index contributed by atoms with van der Waals surface area (Å²) in [5.74, 6) is 0.312. The van der Waals surface area contributed by atoms with E-state index in [-0.39, 0.29) is 16.7 Å². The van der Waals surface area contributed by atoms with Crippen LogP contribution >= 0.6 is 0 Å². The minimum absolute atomic E-state index is 0.147. The summed E-state index contributed by atoms with van der Waals surface area (Å²) in [6.07, 6.45) is 0.594. The number of rotatable bonds is 4. The molecule has 1 unspecified atom stereocenters. The molecular formula is C19H22N2O4S. The Morgan fingerprint density at radius 3 is 2.65 bits per heavy atom. The van der Waals surface area contributed by atoms with Gasteiger partial charge in [-0.15, -0.1) is 0 Å². The Kier molecular flexibility index (Phi) is 5.02. The summed E-state index contributed by atoms with van der Waals surface area (Å²) in [5.41, 5.74) is 2.30. The molecule has 1 aliphatic heterocycles.